The van der Waals surface area contributed by atoms with E-state index in [1.54, 1.807) is 19.2 Å². The van der Waals surface area contributed by atoms with Crippen LogP contribution in [0.15, 0.2) is 72.8 Å². The summed E-state index contributed by atoms with van der Waals surface area (Å²) in [6.45, 7) is 4.27. The highest BCUT2D eigenvalue weighted by atomic mass is 16.5. The van der Waals surface area contributed by atoms with Crippen LogP contribution in [0.1, 0.15) is 47.4 Å². The highest BCUT2D eigenvalue weighted by Gasteiger charge is 2.11. The van der Waals surface area contributed by atoms with Gasteiger partial charge in [0.25, 0.3) is 5.91 Å². The van der Waals surface area contributed by atoms with Crippen molar-refractivity contribution in [1.29, 1.82) is 0 Å². The van der Waals surface area contributed by atoms with E-state index in [0.717, 1.165) is 55.7 Å². The first kappa shape index (κ1) is 25.3. The van der Waals surface area contributed by atoms with Crippen molar-refractivity contribution in [2.75, 3.05) is 20.3 Å². The van der Waals surface area contributed by atoms with Crippen LogP contribution in [0.2, 0.25) is 0 Å². The molecule has 0 aliphatic heterocycles. The van der Waals surface area contributed by atoms with E-state index in [2.05, 4.69) is 47.1 Å². The van der Waals surface area contributed by atoms with Gasteiger partial charge in [-0.05, 0) is 74.2 Å². The Morgan fingerprint density at radius 3 is 2.61 bits per heavy atom. The number of imidazole rings is 1. The van der Waals surface area contributed by atoms with Crippen molar-refractivity contribution in [3.8, 4) is 11.5 Å². The number of ether oxygens (including phenoxy) is 2. The second kappa shape index (κ2) is 12.8. The largest absolute Gasteiger partial charge is 0.497 e. The molecule has 1 N–H and O–H groups in total. The second-order valence-electron chi connectivity index (χ2n) is 8.99. The molecule has 0 unspecified atom stereocenters. The maximum atomic E-state index is 12.4. The summed E-state index contributed by atoms with van der Waals surface area (Å²) in [5, 5.41) is 3.00. The lowest BCUT2D eigenvalue weighted by molar-refractivity contribution is 0.0952. The van der Waals surface area contributed by atoms with E-state index in [1.165, 1.54) is 11.1 Å². The van der Waals surface area contributed by atoms with Crippen LogP contribution in [-0.2, 0) is 13.0 Å². The van der Waals surface area contributed by atoms with Crippen molar-refractivity contribution in [2.45, 2.75) is 45.6 Å². The van der Waals surface area contributed by atoms with E-state index in [-0.39, 0.29) is 5.91 Å². The minimum Gasteiger partial charge on any atom is -0.497 e. The Kier molecular flexibility index (Phi) is 8.98. The minimum absolute atomic E-state index is 0.0661. The van der Waals surface area contributed by atoms with Gasteiger partial charge in [-0.25, -0.2) is 4.98 Å². The van der Waals surface area contributed by atoms with Crippen molar-refractivity contribution in [2.24, 2.45) is 0 Å². The first-order valence-corrected chi connectivity index (χ1v) is 12.7. The standard InChI is InChI=1S/C30H35N3O3/c1-23-11-8-14-26(21-23)36-20-10-19-33-28-16-6-5-15-27(28)32-29(33)17-4-3-7-18-31-30(34)24-12-9-13-25(22-24)35-2/h5-6,8-9,11-16,21-22H,3-4,7,10,17-20H2,1-2H3,(H,31,34). The van der Waals surface area contributed by atoms with Crippen molar-refractivity contribution < 1.29 is 14.3 Å². The van der Waals surface area contributed by atoms with E-state index in [1.807, 2.05) is 30.3 Å². The number of para-hydroxylation sites is 2. The van der Waals surface area contributed by atoms with Gasteiger partial charge in [0.05, 0.1) is 24.8 Å². The summed E-state index contributed by atoms with van der Waals surface area (Å²) in [7, 11) is 1.60. The van der Waals surface area contributed by atoms with Gasteiger partial charge in [-0.15, -0.1) is 0 Å². The number of unbranched alkanes of at least 4 members (excludes halogenated alkanes) is 2. The molecule has 3 aromatic carbocycles. The van der Waals surface area contributed by atoms with E-state index in [4.69, 9.17) is 14.5 Å². The molecule has 0 atom stereocenters. The summed E-state index contributed by atoms with van der Waals surface area (Å²) in [5.41, 5.74) is 4.04. The molecular formula is C30H35N3O3. The van der Waals surface area contributed by atoms with Crippen molar-refractivity contribution in [3.05, 3.63) is 89.7 Å². The smallest absolute Gasteiger partial charge is 0.251 e. The molecule has 0 aliphatic carbocycles. The minimum atomic E-state index is -0.0661. The number of fused-ring (bicyclic) bond motifs is 1. The number of hydrogen-bond acceptors (Lipinski definition) is 4. The fourth-order valence-corrected chi connectivity index (χ4v) is 4.34. The predicted molar refractivity (Wildman–Crippen MR) is 144 cm³/mol. The molecule has 1 amide bonds. The number of hydrogen-bond donors (Lipinski definition) is 1. The number of rotatable bonds is 13. The third-order valence-corrected chi connectivity index (χ3v) is 6.21. The van der Waals surface area contributed by atoms with Crippen LogP contribution in [0, 0.1) is 6.92 Å². The predicted octanol–water partition coefficient (Wildman–Crippen LogP) is 5.97. The quantitative estimate of drug-likeness (QED) is 0.237. The number of carbonyl (C=O) groups is 1. The summed E-state index contributed by atoms with van der Waals surface area (Å²) in [6.07, 6.45) is 4.81. The fraction of sp³-hybridized carbons (Fsp3) is 0.333. The Labute approximate surface area is 213 Å². The SMILES string of the molecule is COc1cccc(C(=O)NCCCCCc2nc3ccccc3n2CCCOc2cccc(C)c2)c1. The first-order chi connectivity index (χ1) is 17.6. The summed E-state index contributed by atoms with van der Waals surface area (Å²) >= 11 is 0. The molecular weight excluding hydrogens is 450 g/mol. The van der Waals surface area contributed by atoms with Crippen LogP contribution in [0.25, 0.3) is 11.0 Å². The zero-order valence-electron chi connectivity index (χ0n) is 21.2. The summed E-state index contributed by atoms with van der Waals surface area (Å²) in [6, 6.07) is 23.7. The van der Waals surface area contributed by atoms with E-state index >= 15 is 0 Å². The lowest BCUT2D eigenvalue weighted by Gasteiger charge is -2.11. The lowest BCUT2D eigenvalue weighted by Crippen LogP contribution is -2.24. The average molecular weight is 486 g/mol. The number of nitrogens with zero attached hydrogens (tertiary/aromatic N) is 2. The third-order valence-electron chi connectivity index (χ3n) is 6.21. The molecule has 0 bridgehead atoms. The fourth-order valence-electron chi connectivity index (χ4n) is 4.34. The van der Waals surface area contributed by atoms with Crippen molar-refractivity contribution in [3.63, 3.8) is 0 Å². The molecule has 0 radical (unpaired) electrons. The zero-order chi connectivity index (χ0) is 25.2. The van der Waals surface area contributed by atoms with E-state index < -0.39 is 0 Å². The molecule has 6 heteroatoms. The molecule has 0 saturated carbocycles. The van der Waals surface area contributed by atoms with Crippen LogP contribution in [0.3, 0.4) is 0 Å². The molecule has 36 heavy (non-hydrogen) atoms. The van der Waals surface area contributed by atoms with E-state index in [0.29, 0.717) is 24.5 Å². The van der Waals surface area contributed by atoms with Crippen molar-refractivity contribution in [1.82, 2.24) is 14.9 Å². The highest BCUT2D eigenvalue weighted by Crippen LogP contribution is 2.19. The Morgan fingerprint density at radius 1 is 0.917 bits per heavy atom. The molecule has 0 spiro atoms. The number of benzene rings is 3. The molecule has 6 nitrogen and oxygen atoms in total. The van der Waals surface area contributed by atoms with Crippen LogP contribution >= 0.6 is 0 Å². The molecule has 0 aliphatic rings. The maximum absolute atomic E-state index is 12.4. The number of nitrogens with one attached hydrogen (secondary N) is 1. The Hall–Kier alpha value is -3.80. The molecule has 1 heterocycles. The van der Waals surface area contributed by atoms with Crippen LogP contribution in [0.5, 0.6) is 11.5 Å². The number of carbonyl (C=O) groups excluding carboxylic acids is 1. The molecule has 4 rings (SSSR count). The van der Waals surface area contributed by atoms with Gasteiger partial charge in [0.15, 0.2) is 0 Å². The number of aromatic nitrogens is 2. The maximum Gasteiger partial charge on any atom is 0.251 e. The van der Waals surface area contributed by atoms with Gasteiger partial charge in [-0.2, -0.15) is 0 Å². The number of amides is 1. The van der Waals surface area contributed by atoms with Gasteiger partial charge < -0.3 is 19.4 Å². The molecule has 1 aromatic heterocycles. The van der Waals surface area contributed by atoms with Gasteiger partial charge >= 0.3 is 0 Å². The zero-order valence-corrected chi connectivity index (χ0v) is 21.2. The van der Waals surface area contributed by atoms with Gasteiger partial charge in [-0.3, -0.25) is 4.79 Å². The Bertz CT molecular complexity index is 1280. The number of methoxy groups -OCH3 is 1. The van der Waals surface area contributed by atoms with Gasteiger partial charge in [0, 0.05) is 25.1 Å². The highest BCUT2D eigenvalue weighted by molar-refractivity contribution is 5.94. The normalized spacial score (nSPS) is 10.9. The molecule has 0 saturated heterocycles. The third kappa shape index (κ3) is 6.87. The van der Waals surface area contributed by atoms with Crippen LogP contribution in [-0.4, -0.2) is 35.7 Å². The van der Waals surface area contributed by atoms with Crippen LogP contribution < -0.4 is 14.8 Å². The first-order valence-electron chi connectivity index (χ1n) is 12.7. The van der Waals surface area contributed by atoms with Crippen LogP contribution in [0.4, 0.5) is 0 Å². The Morgan fingerprint density at radius 2 is 1.75 bits per heavy atom. The van der Waals surface area contributed by atoms with Gasteiger partial charge in [0.1, 0.15) is 17.3 Å². The summed E-state index contributed by atoms with van der Waals surface area (Å²) in [4.78, 5) is 17.3. The molecule has 188 valence electrons. The molecule has 0 fully saturated rings. The lowest BCUT2D eigenvalue weighted by atomic mass is 10.1. The topological polar surface area (TPSA) is 65.4 Å². The monoisotopic (exact) mass is 485 g/mol. The Balaban J connectivity index is 1.24. The second-order valence-corrected chi connectivity index (χ2v) is 8.99. The van der Waals surface area contributed by atoms with Gasteiger partial charge in [-0.1, -0.05) is 36.8 Å². The van der Waals surface area contributed by atoms with Gasteiger partial charge in [0.2, 0.25) is 0 Å². The number of aryl methyl sites for hydroxylation is 3. The summed E-state index contributed by atoms with van der Waals surface area (Å²) < 4.78 is 13.5. The average Bonchev–Trinajstić information content (AvgIpc) is 3.25. The summed E-state index contributed by atoms with van der Waals surface area (Å²) in [5.74, 6) is 2.66. The van der Waals surface area contributed by atoms with E-state index in [9.17, 15) is 4.79 Å². The van der Waals surface area contributed by atoms with Crippen molar-refractivity contribution >= 4 is 16.9 Å². The molecule has 4 aromatic rings.